The first-order valence-electron chi connectivity index (χ1n) is 7.97. The summed E-state index contributed by atoms with van der Waals surface area (Å²) in [5, 5.41) is 3.48. The van der Waals surface area contributed by atoms with E-state index in [4.69, 9.17) is 4.74 Å². The van der Waals surface area contributed by atoms with Crippen molar-refractivity contribution in [1.29, 1.82) is 0 Å². The minimum Gasteiger partial charge on any atom is -0.495 e. The summed E-state index contributed by atoms with van der Waals surface area (Å²) in [4.78, 5) is 11.6. The molecular formula is C16H22N2O5S. The first-order valence-corrected chi connectivity index (χ1v) is 9.46. The van der Waals surface area contributed by atoms with Crippen LogP contribution in [-0.4, -0.2) is 46.7 Å². The van der Waals surface area contributed by atoms with Crippen LogP contribution in [-0.2, 0) is 14.8 Å². The van der Waals surface area contributed by atoms with Crippen molar-refractivity contribution in [2.75, 3.05) is 14.2 Å². The highest BCUT2D eigenvalue weighted by molar-refractivity contribution is 7.89. The number of carbonyl (C=O) groups is 1. The molecule has 0 saturated carbocycles. The second kappa shape index (κ2) is 6.70. The molecule has 2 atom stereocenters. The Labute approximate surface area is 141 Å². The van der Waals surface area contributed by atoms with Crippen LogP contribution >= 0.6 is 0 Å². The number of sulfonamides is 1. The molecular weight excluding hydrogens is 332 g/mol. The van der Waals surface area contributed by atoms with Crippen molar-refractivity contribution >= 4 is 16.0 Å². The molecule has 2 N–H and O–H groups in total. The van der Waals surface area contributed by atoms with E-state index in [9.17, 15) is 13.2 Å². The van der Waals surface area contributed by atoms with Gasteiger partial charge in [0.1, 0.15) is 10.6 Å². The smallest absolute Gasteiger partial charge is 0.337 e. The molecule has 0 spiro atoms. The zero-order chi connectivity index (χ0) is 17.3. The van der Waals surface area contributed by atoms with Crippen LogP contribution in [0.15, 0.2) is 23.1 Å². The molecule has 1 aromatic rings. The van der Waals surface area contributed by atoms with Gasteiger partial charge in [-0.15, -0.1) is 0 Å². The molecule has 8 heteroatoms. The highest BCUT2D eigenvalue weighted by atomic mass is 32.2. The van der Waals surface area contributed by atoms with Crippen molar-refractivity contribution in [3.63, 3.8) is 0 Å². The summed E-state index contributed by atoms with van der Waals surface area (Å²) in [5.74, 6) is -0.414. The van der Waals surface area contributed by atoms with Crippen molar-refractivity contribution in [3.05, 3.63) is 23.8 Å². The highest BCUT2D eigenvalue weighted by Crippen LogP contribution is 2.30. The Hall–Kier alpha value is -1.64. The second-order valence-electron chi connectivity index (χ2n) is 6.28. The number of methoxy groups -OCH3 is 2. The number of nitrogens with one attached hydrogen (secondary N) is 2. The number of piperidine rings is 1. The lowest BCUT2D eigenvalue weighted by atomic mass is 10.0. The fraction of sp³-hybridized carbons (Fsp3) is 0.562. The molecule has 7 nitrogen and oxygen atoms in total. The molecule has 24 heavy (non-hydrogen) atoms. The van der Waals surface area contributed by atoms with Crippen molar-refractivity contribution in [2.24, 2.45) is 0 Å². The van der Waals surface area contributed by atoms with Gasteiger partial charge in [-0.05, 0) is 43.9 Å². The fourth-order valence-electron chi connectivity index (χ4n) is 3.57. The molecule has 2 unspecified atom stereocenters. The highest BCUT2D eigenvalue weighted by Gasteiger charge is 2.36. The van der Waals surface area contributed by atoms with Crippen molar-refractivity contribution in [3.8, 4) is 5.75 Å². The molecule has 2 aliphatic heterocycles. The number of benzene rings is 1. The number of esters is 1. The summed E-state index contributed by atoms with van der Waals surface area (Å²) >= 11 is 0. The standard InChI is InChI=1S/C16H22N2O5S/c1-22-14-7-10(16(19)23-2)3-6-15(14)24(20,21)18-13-8-11-4-5-12(9-13)17-11/h3,6-7,11-13,17-18H,4-5,8-9H2,1-2H3. The van der Waals surface area contributed by atoms with Gasteiger partial charge in [-0.25, -0.2) is 17.9 Å². The Morgan fingerprint density at radius 2 is 1.88 bits per heavy atom. The average Bonchev–Trinajstić information content (AvgIpc) is 2.91. The van der Waals surface area contributed by atoms with Crippen LogP contribution in [0.5, 0.6) is 5.75 Å². The topological polar surface area (TPSA) is 93.7 Å². The van der Waals surface area contributed by atoms with Crippen molar-refractivity contribution in [2.45, 2.75) is 48.7 Å². The largest absolute Gasteiger partial charge is 0.495 e. The number of ether oxygens (including phenoxy) is 2. The maximum Gasteiger partial charge on any atom is 0.337 e. The zero-order valence-corrected chi connectivity index (χ0v) is 14.6. The van der Waals surface area contributed by atoms with Gasteiger partial charge in [-0.1, -0.05) is 0 Å². The van der Waals surface area contributed by atoms with E-state index in [1.54, 1.807) is 0 Å². The van der Waals surface area contributed by atoms with Crippen LogP contribution < -0.4 is 14.8 Å². The molecule has 3 rings (SSSR count). The lowest BCUT2D eigenvalue weighted by Gasteiger charge is -2.29. The van der Waals surface area contributed by atoms with E-state index in [0.29, 0.717) is 12.1 Å². The number of carbonyl (C=O) groups excluding carboxylic acids is 1. The van der Waals surface area contributed by atoms with E-state index in [-0.39, 0.29) is 22.3 Å². The third kappa shape index (κ3) is 3.40. The molecule has 1 aromatic carbocycles. The quantitative estimate of drug-likeness (QED) is 0.768. The van der Waals surface area contributed by atoms with Gasteiger partial charge in [-0.3, -0.25) is 0 Å². The summed E-state index contributed by atoms with van der Waals surface area (Å²) in [7, 11) is -1.08. The normalized spacial score (nSPS) is 26.2. The zero-order valence-electron chi connectivity index (χ0n) is 13.7. The molecule has 0 aliphatic carbocycles. The lowest BCUT2D eigenvalue weighted by molar-refractivity contribution is 0.0600. The van der Waals surface area contributed by atoms with Crippen molar-refractivity contribution in [1.82, 2.24) is 10.0 Å². The van der Waals surface area contributed by atoms with Gasteiger partial charge in [-0.2, -0.15) is 0 Å². The van der Waals surface area contributed by atoms with Gasteiger partial charge >= 0.3 is 5.97 Å². The third-order valence-corrected chi connectivity index (χ3v) is 6.23. The van der Waals surface area contributed by atoms with Crippen LogP contribution in [0.2, 0.25) is 0 Å². The molecule has 132 valence electrons. The van der Waals surface area contributed by atoms with E-state index >= 15 is 0 Å². The van der Waals surface area contributed by atoms with Gasteiger partial charge in [0.15, 0.2) is 0 Å². The number of hydrogen-bond acceptors (Lipinski definition) is 6. The average molecular weight is 354 g/mol. The molecule has 2 bridgehead atoms. The van der Waals surface area contributed by atoms with Crippen LogP contribution in [0, 0.1) is 0 Å². The first-order chi connectivity index (χ1) is 11.4. The summed E-state index contributed by atoms with van der Waals surface area (Å²) < 4.78 is 38.1. The number of fused-ring (bicyclic) bond motifs is 2. The van der Waals surface area contributed by atoms with E-state index in [0.717, 1.165) is 25.7 Å². The third-order valence-electron chi connectivity index (χ3n) is 4.67. The van der Waals surface area contributed by atoms with E-state index in [2.05, 4.69) is 14.8 Å². The van der Waals surface area contributed by atoms with E-state index in [1.165, 1.54) is 32.4 Å². The number of hydrogen-bond donors (Lipinski definition) is 2. The molecule has 2 fully saturated rings. The maximum absolute atomic E-state index is 12.7. The van der Waals surface area contributed by atoms with Gasteiger partial charge in [0.25, 0.3) is 0 Å². The van der Waals surface area contributed by atoms with Crippen LogP contribution in [0.25, 0.3) is 0 Å². The maximum atomic E-state index is 12.7. The predicted molar refractivity (Wildman–Crippen MR) is 87.6 cm³/mol. The Bertz CT molecular complexity index is 722. The Kier molecular flexibility index (Phi) is 4.80. The Morgan fingerprint density at radius 1 is 1.21 bits per heavy atom. The number of rotatable bonds is 5. The summed E-state index contributed by atoms with van der Waals surface area (Å²) in [5.41, 5.74) is 0.244. The predicted octanol–water partition coefficient (Wildman–Crippen LogP) is 1.04. The van der Waals surface area contributed by atoms with Crippen molar-refractivity contribution < 1.29 is 22.7 Å². The van der Waals surface area contributed by atoms with Crippen LogP contribution in [0.4, 0.5) is 0 Å². The molecule has 2 heterocycles. The minimum absolute atomic E-state index is 0.0310. The van der Waals surface area contributed by atoms with Gasteiger partial charge < -0.3 is 14.8 Å². The first kappa shape index (κ1) is 17.2. The summed E-state index contributed by atoms with van der Waals surface area (Å²) in [6.45, 7) is 0. The molecule has 0 amide bonds. The fourth-order valence-corrected chi connectivity index (χ4v) is 4.98. The second-order valence-corrected chi connectivity index (χ2v) is 7.97. The summed E-state index contributed by atoms with van der Waals surface area (Å²) in [6, 6.07) is 4.88. The minimum atomic E-state index is -3.73. The molecule has 2 saturated heterocycles. The Balaban J connectivity index is 1.82. The molecule has 0 aromatic heterocycles. The van der Waals surface area contributed by atoms with Gasteiger partial charge in [0.05, 0.1) is 19.8 Å². The monoisotopic (exact) mass is 354 g/mol. The molecule has 0 radical (unpaired) electrons. The van der Waals surface area contributed by atoms with Gasteiger partial charge in [0, 0.05) is 18.1 Å². The SMILES string of the molecule is COC(=O)c1ccc(S(=O)(=O)NC2CC3CCC(C2)N3)c(OC)c1. The van der Waals surface area contributed by atoms with E-state index in [1.807, 2.05) is 0 Å². The lowest BCUT2D eigenvalue weighted by Crippen LogP contribution is -2.47. The Morgan fingerprint density at radius 3 is 2.46 bits per heavy atom. The van der Waals surface area contributed by atoms with E-state index < -0.39 is 16.0 Å². The molecule has 2 aliphatic rings. The van der Waals surface area contributed by atoms with Crippen LogP contribution in [0.1, 0.15) is 36.0 Å². The van der Waals surface area contributed by atoms with Gasteiger partial charge in [0.2, 0.25) is 10.0 Å². The van der Waals surface area contributed by atoms with Crippen LogP contribution in [0.3, 0.4) is 0 Å². The summed E-state index contributed by atoms with van der Waals surface area (Å²) in [6.07, 6.45) is 3.77.